The average molecular weight is 441 g/mol. The zero-order valence-corrected chi connectivity index (χ0v) is 18.3. The summed E-state index contributed by atoms with van der Waals surface area (Å²) < 4.78 is 7.16. The van der Waals surface area contributed by atoms with Crippen LogP contribution in [0.5, 0.6) is 5.75 Å². The van der Waals surface area contributed by atoms with Gasteiger partial charge < -0.3 is 15.0 Å². The van der Waals surface area contributed by atoms with E-state index in [1.165, 1.54) is 6.20 Å². The fourth-order valence-corrected chi connectivity index (χ4v) is 3.27. The van der Waals surface area contributed by atoms with Gasteiger partial charge in [-0.05, 0) is 38.1 Å². The Labute approximate surface area is 186 Å². The van der Waals surface area contributed by atoms with Gasteiger partial charge in [-0.1, -0.05) is 41.9 Å². The van der Waals surface area contributed by atoms with Crippen LogP contribution in [0.4, 0.5) is 5.82 Å². The molecule has 0 unspecified atom stereocenters. The van der Waals surface area contributed by atoms with Crippen molar-refractivity contribution in [3.05, 3.63) is 71.4 Å². The van der Waals surface area contributed by atoms with Crippen LogP contribution >= 0.6 is 11.6 Å². The molecule has 0 aliphatic rings. The van der Waals surface area contributed by atoms with E-state index in [-0.39, 0.29) is 24.8 Å². The summed E-state index contributed by atoms with van der Waals surface area (Å²) in [6.07, 6.45) is 1.58. The van der Waals surface area contributed by atoms with Crippen molar-refractivity contribution in [2.24, 2.45) is 0 Å². The number of ether oxygens (including phenoxy) is 1. The van der Waals surface area contributed by atoms with Gasteiger partial charge in [0.05, 0.1) is 29.9 Å². The zero-order chi connectivity index (χ0) is 22.2. The molecule has 1 aromatic heterocycles. The summed E-state index contributed by atoms with van der Waals surface area (Å²) in [5.74, 6) is 0.377. The lowest BCUT2D eigenvalue weighted by molar-refractivity contribution is -0.116. The third kappa shape index (κ3) is 5.44. The molecule has 0 spiro atoms. The molecule has 7 nitrogen and oxygen atoms in total. The fourth-order valence-electron chi connectivity index (χ4n) is 3.08. The molecule has 0 aliphatic carbocycles. The number of para-hydroxylation sites is 2. The molecular formula is C23H25ClN4O3. The number of hydrogen-bond acceptors (Lipinski definition) is 4. The Morgan fingerprint density at radius 2 is 1.74 bits per heavy atom. The Bertz CT molecular complexity index is 1030. The molecule has 2 amide bonds. The highest BCUT2D eigenvalue weighted by molar-refractivity contribution is 6.32. The van der Waals surface area contributed by atoms with Gasteiger partial charge in [0.15, 0.2) is 0 Å². The van der Waals surface area contributed by atoms with Crippen molar-refractivity contribution in [1.82, 2.24) is 14.7 Å². The molecule has 0 atom stereocenters. The number of nitrogens with zero attached hydrogens (tertiary/aromatic N) is 3. The first kappa shape index (κ1) is 22.4. The van der Waals surface area contributed by atoms with Crippen molar-refractivity contribution in [1.29, 1.82) is 0 Å². The van der Waals surface area contributed by atoms with Crippen LogP contribution in [0.2, 0.25) is 5.02 Å². The van der Waals surface area contributed by atoms with Crippen molar-refractivity contribution in [3.63, 3.8) is 0 Å². The maximum atomic E-state index is 13.0. The van der Waals surface area contributed by atoms with Crippen LogP contribution in [0.1, 0.15) is 30.6 Å². The van der Waals surface area contributed by atoms with Crippen LogP contribution < -0.4 is 10.1 Å². The predicted octanol–water partition coefficient (Wildman–Crippen LogP) is 4.42. The van der Waals surface area contributed by atoms with E-state index in [2.05, 4.69) is 10.4 Å². The van der Waals surface area contributed by atoms with Crippen LogP contribution in [-0.2, 0) is 4.79 Å². The van der Waals surface area contributed by atoms with Gasteiger partial charge in [-0.15, -0.1) is 0 Å². The Morgan fingerprint density at radius 3 is 2.42 bits per heavy atom. The molecule has 1 heterocycles. The summed E-state index contributed by atoms with van der Waals surface area (Å²) in [4.78, 5) is 27.3. The maximum Gasteiger partial charge on any atom is 0.259 e. The summed E-state index contributed by atoms with van der Waals surface area (Å²) in [6, 6.07) is 16.4. The van der Waals surface area contributed by atoms with Crippen molar-refractivity contribution in [3.8, 4) is 11.4 Å². The highest BCUT2D eigenvalue weighted by Crippen LogP contribution is 2.24. The van der Waals surface area contributed by atoms with E-state index in [0.717, 1.165) is 5.69 Å². The molecule has 0 bridgehead atoms. The molecule has 0 radical (unpaired) electrons. The van der Waals surface area contributed by atoms with Gasteiger partial charge in [-0.2, -0.15) is 5.10 Å². The Hall–Kier alpha value is -3.32. The third-order valence-corrected chi connectivity index (χ3v) is 5.04. The average Bonchev–Trinajstić information content (AvgIpc) is 3.19. The SMILES string of the molecule is CCN(CC)C(=O)c1cnn(-c2ccccc2)c1NC(=O)CCOc1ccccc1Cl. The van der Waals surface area contributed by atoms with Crippen molar-refractivity contribution >= 4 is 29.2 Å². The Morgan fingerprint density at radius 1 is 1.06 bits per heavy atom. The van der Waals surface area contributed by atoms with Gasteiger partial charge in [0.1, 0.15) is 17.1 Å². The number of carbonyl (C=O) groups is 2. The predicted molar refractivity (Wildman–Crippen MR) is 121 cm³/mol. The smallest absolute Gasteiger partial charge is 0.259 e. The molecule has 0 fully saturated rings. The molecule has 0 saturated heterocycles. The number of aromatic nitrogens is 2. The molecule has 3 rings (SSSR count). The highest BCUT2D eigenvalue weighted by atomic mass is 35.5. The molecule has 8 heteroatoms. The normalized spacial score (nSPS) is 10.5. The molecule has 31 heavy (non-hydrogen) atoms. The number of anilines is 1. The van der Waals surface area contributed by atoms with Gasteiger partial charge in [0.2, 0.25) is 5.91 Å². The van der Waals surface area contributed by atoms with Gasteiger partial charge in [-0.3, -0.25) is 9.59 Å². The van der Waals surface area contributed by atoms with E-state index in [9.17, 15) is 9.59 Å². The quantitative estimate of drug-likeness (QED) is 0.534. The first-order valence-corrected chi connectivity index (χ1v) is 10.5. The minimum absolute atomic E-state index is 0.0874. The second kappa shape index (κ2) is 10.6. The van der Waals surface area contributed by atoms with Crippen LogP contribution in [0.15, 0.2) is 60.8 Å². The minimum Gasteiger partial charge on any atom is -0.491 e. The summed E-state index contributed by atoms with van der Waals surface area (Å²) in [6.45, 7) is 5.09. The lowest BCUT2D eigenvalue weighted by Crippen LogP contribution is -2.31. The maximum absolute atomic E-state index is 13.0. The minimum atomic E-state index is -0.293. The Kier molecular flexibility index (Phi) is 7.67. The molecular weight excluding hydrogens is 416 g/mol. The van der Waals surface area contributed by atoms with Crippen LogP contribution in [0.3, 0.4) is 0 Å². The highest BCUT2D eigenvalue weighted by Gasteiger charge is 2.23. The topological polar surface area (TPSA) is 76.5 Å². The summed E-state index contributed by atoms with van der Waals surface area (Å²) in [7, 11) is 0. The van der Waals surface area contributed by atoms with Crippen molar-refractivity contribution in [2.75, 3.05) is 25.0 Å². The number of rotatable bonds is 9. The van der Waals surface area contributed by atoms with Gasteiger partial charge in [-0.25, -0.2) is 4.68 Å². The summed E-state index contributed by atoms with van der Waals surface area (Å²) in [5, 5.41) is 7.68. The van der Waals surface area contributed by atoms with E-state index < -0.39 is 0 Å². The second-order valence-electron chi connectivity index (χ2n) is 6.71. The first-order valence-electron chi connectivity index (χ1n) is 10.1. The summed E-state index contributed by atoms with van der Waals surface area (Å²) in [5.41, 5.74) is 1.08. The number of hydrogen-bond donors (Lipinski definition) is 1. The third-order valence-electron chi connectivity index (χ3n) is 4.73. The van der Waals surface area contributed by atoms with E-state index in [1.54, 1.807) is 27.8 Å². The van der Waals surface area contributed by atoms with Gasteiger partial charge in [0, 0.05) is 13.1 Å². The van der Waals surface area contributed by atoms with E-state index in [1.807, 2.05) is 50.2 Å². The largest absolute Gasteiger partial charge is 0.491 e. The number of carbonyl (C=O) groups excluding carboxylic acids is 2. The van der Waals surface area contributed by atoms with Crippen molar-refractivity contribution < 1.29 is 14.3 Å². The molecule has 2 aromatic carbocycles. The summed E-state index contributed by atoms with van der Waals surface area (Å²) >= 11 is 6.08. The number of amides is 2. The number of nitrogens with one attached hydrogen (secondary N) is 1. The monoisotopic (exact) mass is 440 g/mol. The molecule has 0 saturated carbocycles. The molecule has 162 valence electrons. The molecule has 1 N–H and O–H groups in total. The Balaban J connectivity index is 1.79. The van der Waals surface area contributed by atoms with Gasteiger partial charge >= 0.3 is 0 Å². The fraction of sp³-hybridized carbons (Fsp3) is 0.261. The lowest BCUT2D eigenvalue weighted by Gasteiger charge is -2.19. The number of halogens is 1. The molecule has 3 aromatic rings. The second-order valence-corrected chi connectivity index (χ2v) is 7.12. The van der Waals surface area contributed by atoms with Crippen LogP contribution in [0.25, 0.3) is 5.69 Å². The van der Waals surface area contributed by atoms with Crippen molar-refractivity contribution in [2.45, 2.75) is 20.3 Å². The number of benzene rings is 2. The first-order chi connectivity index (χ1) is 15.0. The molecule has 0 aliphatic heterocycles. The van der Waals surface area contributed by atoms with Crippen LogP contribution in [-0.4, -0.2) is 46.2 Å². The van der Waals surface area contributed by atoms with Gasteiger partial charge in [0.25, 0.3) is 5.91 Å². The van der Waals surface area contributed by atoms with Crippen LogP contribution in [0, 0.1) is 0 Å². The lowest BCUT2D eigenvalue weighted by atomic mass is 10.2. The standard InChI is InChI=1S/C23H25ClN4O3/c1-3-27(4-2)23(30)18-16-25-28(17-10-6-5-7-11-17)22(18)26-21(29)14-15-31-20-13-9-8-12-19(20)24/h5-13,16H,3-4,14-15H2,1-2H3,(H,26,29). The zero-order valence-electron chi connectivity index (χ0n) is 17.5. The van der Waals surface area contributed by atoms with E-state index in [4.69, 9.17) is 16.3 Å². The van der Waals surface area contributed by atoms with E-state index in [0.29, 0.717) is 35.2 Å². The van der Waals surface area contributed by atoms with E-state index >= 15 is 0 Å².